The summed E-state index contributed by atoms with van der Waals surface area (Å²) < 4.78 is 19.2. The molecule has 3 heterocycles. The minimum atomic E-state index is 0.0388. The van der Waals surface area contributed by atoms with Gasteiger partial charge in [-0.3, -0.25) is 14.6 Å². The molecule has 0 amide bonds. The quantitative estimate of drug-likeness (QED) is 0.353. The van der Waals surface area contributed by atoms with Gasteiger partial charge in [-0.05, 0) is 32.0 Å². The molecule has 194 valence electrons. The lowest BCUT2D eigenvalue weighted by Gasteiger charge is -2.38. The van der Waals surface area contributed by atoms with Crippen LogP contribution in [0, 0.1) is 0 Å². The third-order valence-electron chi connectivity index (χ3n) is 6.77. The van der Waals surface area contributed by atoms with E-state index in [2.05, 4.69) is 45.9 Å². The fourth-order valence-corrected chi connectivity index (χ4v) is 4.69. The molecular formula is C28H34N6O3. The van der Waals surface area contributed by atoms with Crippen LogP contribution >= 0.6 is 0 Å². The summed E-state index contributed by atoms with van der Waals surface area (Å²) in [6.07, 6.45) is 5.57. The minimum Gasteiger partial charge on any atom is -0.497 e. The number of nitrogens with zero attached hydrogens (tertiary/aromatic N) is 6. The summed E-state index contributed by atoms with van der Waals surface area (Å²) in [5.74, 6) is 1.46. The number of anilines is 2. The van der Waals surface area contributed by atoms with E-state index in [-0.39, 0.29) is 6.10 Å². The highest BCUT2D eigenvalue weighted by atomic mass is 16.5. The molecule has 2 aromatic heterocycles. The normalized spacial score (nSPS) is 16.3. The minimum absolute atomic E-state index is 0.0388. The second kappa shape index (κ2) is 10.7. The Balaban J connectivity index is 1.55. The van der Waals surface area contributed by atoms with Crippen molar-refractivity contribution >= 4 is 22.4 Å². The van der Waals surface area contributed by atoms with Crippen molar-refractivity contribution in [3.05, 3.63) is 55.0 Å². The van der Waals surface area contributed by atoms with Crippen LogP contribution in [-0.4, -0.2) is 77.3 Å². The summed E-state index contributed by atoms with van der Waals surface area (Å²) in [6.45, 7) is 7.66. The predicted molar refractivity (Wildman–Crippen MR) is 145 cm³/mol. The lowest BCUT2D eigenvalue weighted by atomic mass is 10.1. The Morgan fingerprint density at radius 3 is 2.49 bits per heavy atom. The van der Waals surface area contributed by atoms with Crippen LogP contribution in [0.25, 0.3) is 22.3 Å². The van der Waals surface area contributed by atoms with E-state index in [4.69, 9.17) is 19.2 Å². The summed E-state index contributed by atoms with van der Waals surface area (Å²) >= 11 is 0. The van der Waals surface area contributed by atoms with Gasteiger partial charge in [0.25, 0.3) is 0 Å². The number of rotatable bonds is 8. The molecule has 5 rings (SSSR count). The van der Waals surface area contributed by atoms with E-state index in [0.29, 0.717) is 12.6 Å². The number of hydrogen-bond acceptors (Lipinski definition) is 8. The number of ether oxygens (including phenoxy) is 3. The Hall–Kier alpha value is -3.69. The van der Waals surface area contributed by atoms with Gasteiger partial charge in [-0.15, -0.1) is 0 Å². The summed E-state index contributed by atoms with van der Waals surface area (Å²) in [4.78, 5) is 14.3. The fourth-order valence-electron chi connectivity index (χ4n) is 4.69. The van der Waals surface area contributed by atoms with Gasteiger partial charge in [-0.1, -0.05) is 0 Å². The van der Waals surface area contributed by atoms with E-state index in [0.717, 1.165) is 64.9 Å². The van der Waals surface area contributed by atoms with Crippen LogP contribution in [0.5, 0.6) is 11.5 Å². The van der Waals surface area contributed by atoms with Crippen molar-refractivity contribution in [1.29, 1.82) is 0 Å². The van der Waals surface area contributed by atoms with Gasteiger partial charge >= 0.3 is 0 Å². The number of methoxy groups -OCH3 is 2. The van der Waals surface area contributed by atoms with Crippen LogP contribution in [0.3, 0.4) is 0 Å². The molecule has 0 saturated carbocycles. The largest absolute Gasteiger partial charge is 0.497 e. The van der Waals surface area contributed by atoms with Gasteiger partial charge in [0.1, 0.15) is 11.5 Å². The summed E-state index contributed by atoms with van der Waals surface area (Å²) in [6, 6.07) is 12.6. The van der Waals surface area contributed by atoms with Crippen LogP contribution in [0.15, 0.2) is 55.0 Å². The van der Waals surface area contributed by atoms with Crippen molar-refractivity contribution < 1.29 is 14.2 Å². The first kappa shape index (κ1) is 25.0. The number of aryl methyl sites for hydroxylation is 1. The zero-order valence-electron chi connectivity index (χ0n) is 22.1. The van der Waals surface area contributed by atoms with E-state index in [1.807, 2.05) is 37.5 Å². The van der Waals surface area contributed by atoms with Gasteiger partial charge in [0.15, 0.2) is 0 Å². The number of morpholine rings is 1. The van der Waals surface area contributed by atoms with Crippen molar-refractivity contribution in [2.45, 2.75) is 26.0 Å². The second-order valence-corrected chi connectivity index (χ2v) is 9.59. The average Bonchev–Trinajstić information content (AvgIpc) is 3.37. The Kier molecular flexibility index (Phi) is 7.25. The first-order valence-corrected chi connectivity index (χ1v) is 12.6. The highest BCUT2D eigenvalue weighted by Gasteiger charge is 2.26. The maximum absolute atomic E-state index is 6.23. The van der Waals surface area contributed by atoms with E-state index in [1.165, 1.54) is 0 Å². The molecular weight excluding hydrogens is 468 g/mol. The molecule has 9 heteroatoms. The maximum atomic E-state index is 6.23. The molecule has 1 fully saturated rings. The highest BCUT2D eigenvalue weighted by molar-refractivity contribution is 5.82. The maximum Gasteiger partial charge on any atom is 0.124 e. The Morgan fingerprint density at radius 2 is 1.81 bits per heavy atom. The Labute approximate surface area is 217 Å². The van der Waals surface area contributed by atoms with Gasteiger partial charge in [0.2, 0.25) is 0 Å². The predicted octanol–water partition coefficient (Wildman–Crippen LogP) is 4.29. The lowest BCUT2D eigenvalue weighted by molar-refractivity contribution is -0.0333. The molecule has 0 bridgehead atoms. The Morgan fingerprint density at radius 1 is 1.03 bits per heavy atom. The zero-order valence-corrected chi connectivity index (χ0v) is 22.1. The van der Waals surface area contributed by atoms with Crippen molar-refractivity contribution in [2.24, 2.45) is 7.05 Å². The van der Waals surface area contributed by atoms with E-state index in [1.54, 1.807) is 31.3 Å². The monoisotopic (exact) mass is 502 g/mol. The van der Waals surface area contributed by atoms with Crippen molar-refractivity contribution in [3.63, 3.8) is 0 Å². The van der Waals surface area contributed by atoms with Gasteiger partial charge in [0.05, 0.1) is 62.6 Å². The van der Waals surface area contributed by atoms with Crippen molar-refractivity contribution in [1.82, 2.24) is 24.6 Å². The average molecular weight is 503 g/mol. The summed E-state index contributed by atoms with van der Waals surface area (Å²) in [5.41, 5.74) is 5.31. The van der Waals surface area contributed by atoms with Crippen LogP contribution in [0.2, 0.25) is 0 Å². The molecule has 0 aliphatic carbocycles. The number of aromatic nitrogens is 4. The smallest absolute Gasteiger partial charge is 0.124 e. The molecule has 1 saturated heterocycles. The molecule has 1 aliphatic rings. The van der Waals surface area contributed by atoms with E-state index >= 15 is 0 Å². The lowest BCUT2D eigenvalue weighted by Crippen LogP contribution is -2.49. The topological polar surface area (TPSA) is 77.8 Å². The van der Waals surface area contributed by atoms with Crippen molar-refractivity contribution in [2.75, 3.05) is 45.4 Å². The molecule has 0 radical (unpaired) electrons. The number of benzene rings is 2. The van der Waals surface area contributed by atoms with Gasteiger partial charge in [-0.2, -0.15) is 5.10 Å². The second-order valence-electron chi connectivity index (χ2n) is 9.59. The molecule has 2 aromatic carbocycles. The molecule has 37 heavy (non-hydrogen) atoms. The van der Waals surface area contributed by atoms with Crippen LogP contribution < -0.4 is 14.4 Å². The fraction of sp³-hybridized carbons (Fsp3) is 0.393. The van der Waals surface area contributed by atoms with Gasteiger partial charge in [-0.25, -0.2) is 4.98 Å². The highest BCUT2D eigenvalue weighted by Crippen LogP contribution is 2.35. The Bertz CT molecular complexity index is 1350. The molecule has 9 nitrogen and oxygen atoms in total. The zero-order chi connectivity index (χ0) is 25.9. The summed E-state index contributed by atoms with van der Waals surface area (Å²) in [7, 11) is 5.22. The molecule has 1 unspecified atom stereocenters. The first-order valence-electron chi connectivity index (χ1n) is 12.6. The van der Waals surface area contributed by atoms with Crippen LogP contribution in [-0.2, 0) is 11.8 Å². The molecule has 0 spiro atoms. The number of hydrogen-bond donors (Lipinski definition) is 0. The standard InChI is InChI=1S/C28H34N6O3/c1-19(2)33-8-9-37-25(17-33)18-34(22-10-23(35-4)13-24(11-22)36-5)21-6-7-26-27(12-21)31-28(15-29-26)20-14-30-32(3)16-20/h6-7,10-16,19,25H,8-9,17-18H2,1-5H3. The first-order chi connectivity index (χ1) is 17.9. The molecule has 4 aromatic rings. The molecule has 1 aliphatic heterocycles. The third-order valence-corrected chi connectivity index (χ3v) is 6.77. The van der Waals surface area contributed by atoms with E-state index in [9.17, 15) is 0 Å². The van der Waals surface area contributed by atoms with Gasteiger partial charge < -0.3 is 19.1 Å². The van der Waals surface area contributed by atoms with Crippen LogP contribution in [0.1, 0.15) is 13.8 Å². The summed E-state index contributed by atoms with van der Waals surface area (Å²) in [5, 5.41) is 4.27. The van der Waals surface area contributed by atoms with Crippen LogP contribution in [0.4, 0.5) is 11.4 Å². The molecule has 1 atom stereocenters. The van der Waals surface area contributed by atoms with Crippen molar-refractivity contribution in [3.8, 4) is 22.8 Å². The SMILES string of the molecule is COc1cc(OC)cc(N(CC2CN(C(C)C)CCO2)c2ccc3ncc(-c4cnn(C)c4)nc3c2)c1. The number of fused-ring (bicyclic) bond motifs is 1. The third kappa shape index (κ3) is 5.52. The van der Waals surface area contributed by atoms with E-state index < -0.39 is 0 Å². The van der Waals surface area contributed by atoms with Gasteiger partial charge in [0, 0.05) is 67.5 Å². The molecule has 0 N–H and O–H groups in total.